The maximum Gasteiger partial charge on any atom is 0.262 e. The van der Waals surface area contributed by atoms with Crippen LogP contribution < -0.4 is 15.8 Å². The van der Waals surface area contributed by atoms with Crippen LogP contribution in [0.4, 0.5) is 17.5 Å². The van der Waals surface area contributed by atoms with Crippen LogP contribution in [0.5, 0.6) is 0 Å². The van der Waals surface area contributed by atoms with Gasteiger partial charge in [-0.3, -0.25) is 14.5 Å². The van der Waals surface area contributed by atoms with Crippen molar-refractivity contribution in [2.24, 2.45) is 0 Å². The second kappa shape index (κ2) is 8.96. The summed E-state index contributed by atoms with van der Waals surface area (Å²) in [7, 11) is 2.23. The molecule has 9 nitrogen and oxygen atoms in total. The third kappa shape index (κ3) is 3.86. The summed E-state index contributed by atoms with van der Waals surface area (Å²) >= 11 is 0. The van der Waals surface area contributed by atoms with Crippen LogP contribution in [-0.2, 0) is 0 Å². The normalized spacial score (nSPS) is 22.5. The average molecular weight is 488 g/mol. The Bertz CT molecular complexity index is 1360. The molecule has 0 amide bonds. The molecule has 2 atom stereocenters. The highest BCUT2D eigenvalue weighted by Gasteiger charge is 2.37. The number of aryl methyl sites for hydroxylation is 1. The first-order chi connectivity index (χ1) is 17.4. The Labute approximate surface area is 210 Å². The molecule has 188 valence electrons. The van der Waals surface area contributed by atoms with Gasteiger partial charge in [0.15, 0.2) is 5.78 Å². The lowest BCUT2D eigenvalue weighted by Crippen LogP contribution is -2.52. The summed E-state index contributed by atoms with van der Waals surface area (Å²) in [5.74, 6) is 1.91. The number of carbonyl (C=O) groups is 1. The highest BCUT2D eigenvalue weighted by molar-refractivity contribution is 6.00. The van der Waals surface area contributed by atoms with E-state index in [2.05, 4.69) is 37.1 Å². The number of ketones is 1. The molecule has 36 heavy (non-hydrogen) atoms. The van der Waals surface area contributed by atoms with Gasteiger partial charge in [0.25, 0.3) is 5.56 Å². The van der Waals surface area contributed by atoms with Gasteiger partial charge in [0.2, 0.25) is 0 Å². The maximum absolute atomic E-state index is 13.4. The van der Waals surface area contributed by atoms with Crippen molar-refractivity contribution in [2.75, 3.05) is 30.4 Å². The number of hydrogen-bond acceptors (Lipinski definition) is 8. The van der Waals surface area contributed by atoms with Crippen LogP contribution >= 0.6 is 0 Å². The molecule has 2 bridgehead atoms. The fraction of sp³-hybridized carbons (Fsp3) is 0.519. The van der Waals surface area contributed by atoms with Crippen LogP contribution in [0.1, 0.15) is 67.4 Å². The van der Waals surface area contributed by atoms with Crippen LogP contribution in [0.2, 0.25) is 0 Å². The minimum Gasteiger partial charge on any atom is -0.352 e. The molecule has 0 aromatic carbocycles. The first-order valence-electron chi connectivity index (χ1n) is 13.0. The number of likely N-dealkylation sites (N-methyl/N-ethyl adjacent to an activating group) is 1. The van der Waals surface area contributed by atoms with E-state index in [9.17, 15) is 9.59 Å². The van der Waals surface area contributed by atoms with Crippen molar-refractivity contribution in [1.82, 2.24) is 24.4 Å². The van der Waals surface area contributed by atoms with Gasteiger partial charge in [0.05, 0.1) is 23.5 Å². The predicted octanol–water partition coefficient (Wildman–Crippen LogP) is 3.84. The van der Waals surface area contributed by atoms with Crippen molar-refractivity contribution >= 4 is 34.1 Å². The molecule has 2 aliphatic heterocycles. The Balaban J connectivity index is 1.30. The Hall–Kier alpha value is -3.33. The number of piperazine rings is 1. The molecule has 0 spiro atoms. The van der Waals surface area contributed by atoms with E-state index in [0.29, 0.717) is 29.3 Å². The molecule has 5 heterocycles. The largest absolute Gasteiger partial charge is 0.352 e. The zero-order chi connectivity index (χ0) is 25.0. The van der Waals surface area contributed by atoms with E-state index >= 15 is 0 Å². The first kappa shape index (κ1) is 23.1. The van der Waals surface area contributed by atoms with Crippen molar-refractivity contribution in [2.45, 2.75) is 70.5 Å². The summed E-state index contributed by atoms with van der Waals surface area (Å²) < 4.78 is 1.83. The fourth-order valence-electron chi connectivity index (χ4n) is 6.45. The molecule has 6 rings (SSSR count). The predicted molar refractivity (Wildman–Crippen MR) is 140 cm³/mol. The van der Waals surface area contributed by atoms with E-state index in [1.54, 1.807) is 12.4 Å². The molecule has 3 aromatic heterocycles. The van der Waals surface area contributed by atoms with Gasteiger partial charge in [-0.05, 0) is 52.1 Å². The topological polar surface area (TPSA) is 96.2 Å². The molecule has 1 N–H and O–H groups in total. The zero-order valence-electron chi connectivity index (χ0n) is 21.2. The summed E-state index contributed by atoms with van der Waals surface area (Å²) in [6, 6.07) is 3.19. The molecule has 1 aliphatic carbocycles. The third-order valence-corrected chi connectivity index (χ3v) is 8.46. The van der Waals surface area contributed by atoms with E-state index in [1.165, 1.54) is 19.8 Å². The monoisotopic (exact) mass is 487 g/mol. The van der Waals surface area contributed by atoms with Gasteiger partial charge in [0, 0.05) is 48.9 Å². The second-order valence-corrected chi connectivity index (χ2v) is 10.6. The Morgan fingerprint density at radius 1 is 0.944 bits per heavy atom. The van der Waals surface area contributed by atoms with Crippen LogP contribution in [0.25, 0.3) is 10.9 Å². The number of carbonyl (C=O) groups excluding carboxylic acids is 1. The summed E-state index contributed by atoms with van der Waals surface area (Å²) in [6.45, 7) is 5.28. The molecule has 2 unspecified atom stereocenters. The number of nitrogens with zero attached hydrogens (tertiary/aromatic N) is 6. The second-order valence-electron chi connectivity index (χ2n) is 10.6. The lowest BCUT2D eigenvalue weighted by atomic mass is 10.0. The van der Waals surface area contributed by atoms with Gasteiger partial charge >= 0.3 is 0 Å². The van der Waals surface area contributed by atoms with Gasteiger partial charge in [-0.1, -0.05) is 12.8 Å². The zero-order valence-corrected chi connectivity index (χ0v) is 21.2. The summed E-state index contributed by atoms with van der Waals surface area (Å²) in [4.78, 5) is 44.5. The Morgan fingerprint density at radius 3 is 2.28 bits per heavy atom. The van der Waals surface area contributed by atoms with E-state index in [0.717, 1.165) is 55.5 Å². The Kier molecular flexibility index (Phi) is 5.75. The van der Waals surface area contributed by atoms with Gasteiger partial charge in [0.1, 0.15) is 17.5 Å². The summed E-state index contributed by atoms with van der Waals surface area (Å²) in [5.41, 5.74) is 1.59. The summed E-state index contributed by atoms with van der Waals surface area (Å²) in [6.07, 6.45) is 11.9. The van der Waals surface area contributed by atoms with E-state index < -0.39 is 0 Å². The molecular formula is C27H33N7O2. The van der Waals surface area contributed by atoms with E-state index in [4.69, 9.17) is 0 Å². The number of Topliss-reactive ketones (excluding diaryl/α,β-unsaturated/α-hetero) is 1. The molecule has 3 aromatic rings. The number of nitrogens with one attached hydrogen (secondary N) is 1. The quantitative estimate of drug-likeness (QED) is 0.543. The standard InChI is InChI=1S/C27H33N7O2/c1-16-21-11-28-23(10-22(21)34(18-6-4-5-7-18)27(36)26(16)17(2)35)31-24-12-30-25(13-29-24)33-14-19-8-9-20(15-33)32(19)3/h10-13,18-20H,4-9,14-15H2,1-3H3,(H,28,29,31). The molecule has 1 saturated carbocycles. The number of anilines is 3. The molecule has 3 fully saturated rings. The van der Waals surface area contributed by atoms with E-state index in [1.807, 2.05) is 23.8 Å². The molecule has 0 radical (unpaired) electrons. The number of pyridine rings is 2. The fourth-order valence-corrected chi connectivity index (χ4v) is 6.45. The minimum atomic E-state index is -0.197. The molecule has 2 saturated heterocycles. The Morgan fingerprint density at radius 2 is 1.64 bits per heavy atom. The molecule has 3 aliphatic rings. The maximum atomic E-state index is 13.4. The molecular weight excluding hydrogens is 454 g/mol. The van der Waals surface area contributed by atoms with Gasteiger partial charge < -0.3 is 14.8 Å². The lowest BCUT2D eigenvalue weighted by molar-refractivity contribution is 0.101. The number of rotatable bonds is 5. The molecule has 9 heteroatoms. The summed E-state index contributed by atoms with van der Waals surface area (Å²) in [5, 5.41) is 4.10. The van der Waals surface area contributed by atoms with Crippen molar-refractivity contribution < 1.29 is 4.79 Å². The van der Waals surface area contributed by atoms with Crippen LogP contribution in [0.15, 0.2) is 29.5 Å². The van der Waals surface area contributed by atoms with Crippen molar-refractivity contribution in [3.05, 3.63) is 46.1 Å². The number of fused-ring (bicyclic) bond motifs is 3. The average Bonchev–Trinajstić information content (AvgIpc) is 3.43. The van der Waals surface area contributed by atoms with Gasteiger partial charge in [-0.15, -0.1) is 0 Å². The van der Waals surface area contributed by atoms with Crippen LogP contribution in [0, 0.1) is 6.92 Å². The number of hydrogen-bond donors (Lipinski definition) is 1. The van der Waals surface area contributed by atoms with Crippen molar-refractivity contribution in [1.29, 1.82) is 0 Å². The van der Waals surface area contributed by atoms with Crippen LogP contribution in [0.3, 0.4) is 0 Å². The number of aromatic nitrogens is 4. The lowest BCUT2D eigenvalue weighted by Gasteiger charge is -2.39. The van der Waals surface area contributed by atoms with Crippen LogP contribution in [-0.4, -0.2) is 62.4 Å². The third-order valence-electron chi connectivity index (χ3n) is 8.46. The highest BCUT2D eigenvalue weighted by Crippen LogP contribution is 2.33. The van der Waals surface area contributed by atoms with Gasteiger partial charge in [-0.25, -0.2) is 15.0 Å². The highest BCUT2D eigenvalue weighted by atomic mass is 16.1. The van der Waals surface area contributed by atoms with Crippen molar-refractivity contribution in [3.63, 3.8) is 0 Å². The SMILES string of the molecule is CC(=O)c1c(C)c2cnc(Nc3cnc(N4CC5CCC(C4)N5C)cn3)cc2n(C2CCCC2)c1=O. The first-order valence-corrected chi connectivity index (χ1v) is 13.0. The smallest absolute Gasteiger partial charge is 0.262 e. The van der Waals surface area contributed by atoms with Gasteiger partial charge in [-0.2, -0.15) is 0 Å². The minimum absolute atomic E-state index is 0.104. The van der Waals surface area contributed by atoms with E-state index in [-0.39, 0.29) is 22.9 Å². The van der Waals surface area contributed by atoms with Crippen molar-refractivity contribution in [3.8, 4) is 0 Å².